The first-order valence-electron chi connectivity index (χ1n) is 5.98. The first-order valence-corrected chi connectivity index (χ1v) is 6.80. The van der Waals surface area contributed by atoms with Gasteiger partial charge in [0.1, 0.15) is 5.82 Å². The Morgan fingerprint density at radius 3 is 2.74 bits per heavy atom. The highest BCUT2D eigenvalue weighted by molar-refractivity contribution is 7.19. The van der Waals surface area contributed by atoms with Gasteiger partial charge < -0.3 is 5.11 Å². The Hall–Kier alpha value is -1.78. The van der Waals surface area contributed by atoms with Crippen LogP contribution in [0.4, 0.5) is 4.39 Å². The van der Waals surface area contributed by atoms with Gasteiger partial charge in [-0.25, -0.2) is 4.39 Å². The molecule has 0 aliphatic rings. The fourth-order valence-electron chi connectivity index (χ4n) is 2.04. The topological polar surface area (TPSA) is 33.1 Å². The summed E-state index contributed by atoms with van der Waals surface area (Å²) >= 11 is 1.50. The van der Waals surface area contributed by atoms with E-state index in [1.165, 1.54) is 23.5 Å². The van der Waals surface area contributed by atoms with Crippen LogP contribution in [-0.4, -0.2) is 10.1 Å². The summed E-state index contributed by atoms with van der Waals surface area (Å²) in [6.45, 7) is 0. The summed E-state index contributed by atoms with van der Waals surface area (Å²) in [5, 5.41) is 11.1. The Morgan fingerprint density at radius 2 is 1.95 bits per heavy atom. The highest BCUT2D eigenvalue weighted by atomic mass is 32.1. The molecule has 3 rings (SSSR count). The molecule has 4 heteroatoms. The number of pyridine rings is 1. The molecule has 19 heavy (non-hydrogen) atoms. The minimum atomic E-state index is -0.567. The summed E-state index contributed by atoms with van der Waals surface area (Å²) in [4.78, 5) is 4.81. The quantitative estimate of drug-likeness (QED) is 0.789. The van der Waals surface area contributed by atoms with Crippen LogP contribution in [0.1, 0.15) is 16.5 Å². The number of rotatable bonds is 3. The van der Waals surface area contributed by atoms with Crippen molar-refractivity contribution in [1.82, 2.24) is 4.98 Å². The van der Waals surface area contributed by atoms with Gasteiger partial charge in [0.2, 0.25) is 0 Å². The number of aliphatic hydroxyl groups excluding tert-OH is 1. The lowest BCUT2D eigenvalue weighted by atomic mass is 10.1. The molecule has 0 fully saturated rings. The predicted octanol–water partition coefficient (Wildman–Crippen LogP) is 3.71. The van der Waals surface area contributed by atoms with Crippen LogP contribution >= 0.6 is 11.3 Å². The number of fused-ring (bicyclic) bond motifs is 1. The van der Waals surface area contributed by atoms with Gasteiger partial charge in [0.05, 0.1) is 6.10 Å². The smallest absolute Gasteiger partial charge is 0.123 e. The summed E-state index contributed by atoms with van der Waals surface area (Å²) in [7, 11) is 0. The second kappa shape index (κ2) is 5.07. The number of aromatic nitrogens is 1. The van der Waals surface area contributed by atoms with Crippen molar-refractivity contribution in [1.29, 1.82) is 0 Å². The van der Waals surface area contributed by atoms with Crippen LogP contribution in [0.25, 0.3) is 10.1 Å². The molecular weight excluding hydrogens is 261 g/mol. The van der Waals surface area contributed by atoms with E-state index in [1.54, 1.807) is 18.5 Å². The van der Waals surface area contributed by atoms with E-state index in [4.69, 9.17) is 0 Å². The maximum Gasteiger partial charge on any atom is 0.123 e. The van der Waals surface area contributed by atoms with Crippen molar-refractivity contribution in [3.8, 4) is 0 Å². The molecular formula is C15H12FNOS. The molecule has 3 aromatic rings. The third-order valence-corrected chi connectivity index (χ3v) is 4.22. The Morgan fingerprint density at radius 1 is 1.16 bits per heavy atom. The van der Waals surface area contributed by atoms with Gasteiger partial charge >= 0.3 is 0 Å². The van der Waals surface area contributed by atoms with Gasteiger partial charge in [-0.2, -0.15) is 0 Å². The summed E-state index contributed by atoms with van der Waals surface area (Å²) in [6.07, 6.45) is 3.39. The van der Waals surface area contributed by atoms with Gasteiger partial charge in [-0.1, -0.05) is 0 Å². The SMILES string of the molecule is OC(Cc1ccncc1)c1cc2cc(F)ccc2s1. The number of nitrogens with zero attached hydrogens (tertiary/aromatic N) is 1. The van der Waals surface area contributed by atoms with Crippen LogP contribution in [0.3, 0.4) is 0 Å². The molecule has 2 heterocycles. The Bertz CT molecular complexity index is 696. The van der Waals surface area contributed by atoms with Crippen molar-refractivity contribution in [2.24, 2.45) is 0 Å². The fraction of sp³-hybridized carbons (Fsp3) is 0.133. The van der Waals surface area contributed by atoms with Gasteiger partial charge in [-0.3, -0.25) is 4.98 Å². The van der Waals surface area contributed by atoms with Gasteiger partial charge in [0.25, 0.3) is 0 Å². The molecule has 0 saturated heterocycles. The van der Waals surface area contributed by atoms with Crippen LogP contribution in [0.15, 0.2) is 48.8 Å². The van der Waals surface area contributed by atoms with Crippen LogP contribution in [0.5, 0.6) is 0 Å². The minimum Gasteiger partial charge on any atom is -0.387 e. The van der Waals surface area contributed by atoms with Crippen LogP contribution in [-0.2, 0) is 6.42 Å². The molecule has 96 valence electrons. The molecule has 0 radical (unpaired) electrons. The predicted molar refractivity (Wildman–Crippen MR) is 74.7 cm³/mol. The number of hydrogen-bond acceptors (Lipinski definition) is 3. The lowest BCUT2D eigenvalue weighted by Crippen LogP contribution is -1.99. The molecule has 1 N–H and O–H groups in total. The van der Waals surface area contributed by atoms with Gasteiger partial charge in [-0.05, 0) is 47.3 Å². The van der Waals surface area contributed by atoms with E-state index in [-0.39, 0.29) is 5.82 Å². The summed E-state index contributed by atoms with van der Waals surface area (Å²) in [6, 6.07) is 10.3. The fourth-order valence-corrected chi connectivity index (χ4v) is 3.07. The third-order valence-electron chi connectivity index (χ3n) is 3.00. The minimum absolute atomic E-state index is 0.250. The Balaban J connectivity index is 1.87. The summed E-state index contributed by atoms with van der Waals surface area (Å²) in [5.74, 6) is -0.250. The van der Waals surface area contributed by atoms with Crippen molar-refractivity contribution < 1.29 is 9.50 Å². The number of aliphatic hydroxyl groups is 1. The zero-order valence-corrected chi connectivity index (χ0v) is 10.9. The first-order chi connectivity index (χ1) is 9.22. The molecule has 2 aromatic heterocycles. The Labute approximate surface area is 114 Å². The maximum absolute atomic E-state index is 13.1. The third kappa shape index (κ3) is 2.64. The van der Waals surface area contributed by atoms with E-state index < -0.39 is 6.10 Å². The van der Waals surface area contributed by atoms with Gasteiger partial charge in [0.15, 0.2) is 0 Å². The van der Waals surface area contributed by atoms with Gasteiger partial charge in [0, 0.05) is 28.4 Å². The van der Waals surface area contributed by atoms with E-state index in [1.807, 2.05) is 18.2 Å². The highest BCUT2D eigenvalue weighted by Gasteiger charge is 2.12. The normalized spacial score (nSPS) is 12.7. The van der Waals surface area contributed by atoms with E-state index in [0.29, 0.717) is 6.42 Å². The first kappa shape index (κ1) is 12.3. The van der Waals surface area contributed by atoms with Crippen molar-refractivity contribution in [2.45, 2.75) is 12.5 Å². The van der Waals surface area contributed by atoms with Crippen molar-refractivity contribution in [3.05, 3.63) is 65.0 Å². The van der Waals surface area contributed by atoms with Crippen LogP contribution < -0.4 is 0 Å². The second-order valence-electron chi connectivity index (χ2n) is 4.41. The number of benzene rings is 1. The second-order valence-corrected chi connectivity index (χ2v) is 5.52. The molecule has 0 saturated carbocycles. The van der Waals surface area contributed by atoms with E-state index in [9.17, 15) is 9.50 Å². The van der Waals surface area contributed by atoms with Crippen LogP contribution in [0.2, 0.25) is 0 Å². The van der Waals surface area contributed by atoms with E-state index >= 15 is 0 Å². The van der Waals surface area contributed by atoms with Crippen LogP contribution in [0, 0.1) is 5.82 Å². The lowest BCUT2D eigenvalue weighted by molar-refractivity contribution is 0.182. The molecule has 0 amide bonds. The highest BCUT2D eigenvalue weighted by Crippen LogP contribution is 2.31. The average Bonchev–Trinajstić information content (AvgIpc) is 2.83. The molecule has 0 aliphatic carbocycles. The van der Waals surface area contributed by atoms with E-state index in [2.05, 4.69) is 4.98 Å². The van der Waals surface area contributed by atoms with Crippen molar-refractivity contribution in [3.63, 3.8) is 0 Å². The van der Waals surface area contributed by atoms with Crippen molar-refractivity contribution >= 4 is 21.4 Å². The zero-order chi connectivity index (χ0) is 13.2. The molecule has 1 atom stereocenters. The lowest BCUT2D eigenvalue weighted by Gasteiger charge is -2.07. The molecule has 0 aliphatic heterocycles. The molecule has 1 unspecified atom stereocenters. The zero-order valence-electron chi connectivity index (χ0n) is 10.1. The summed E-state index contributed by atoms with van der Waals surface area (Å²) < 4.78 is 14.1. The number of thiophene rings is 1. The monoisotopic (exact) mass is 273 g/mol. The average molecular weight is 273 g/mol. The molecule has 0 spiro atoms. The number of hydrogen-bond donors (Lipinski definition) is 1. The van der Waals surface area contributed by atoms with Crippen molar-refractivity contribution in [2.75, 3.05) is 0 Å². The maximum atomic E-state index is 13.1. The largest absolute Gasteiger partial charge is 0.387 e. The van der Waals surface area contributed by atoms with Gasteiger partial charge in [-0.15, -0.1) is 11.3 Å². The molecule has 1 aromatic carbocycles. The summed E-state index contributed by atoms with van der Waals surface area (Å²) in [5.41, 5.74) is 1.03. The standard InChI is InChI=1S/C15H12FNOS/c16-12-1-2-14-11(8-12)9-15(19-14)13(18)7-10-3-5-17-6-4-10/h1-6,8-9,13,18H,7H2. The number of halogens is 1. The molecule has 0 bridgehead atoms. The molecule has 2 nitrogen and oxygen atoms in total. The van der Waals surface area contributed by atoms with E-state index in [0.717, 1.165) is 20.5 Å². The Kier molecular flexibility index (Phi) is 3.27.